The summed E-state index contributed by atoms with van der Waals surface area (Å²) >= 11 is 3.31. The summed E-state index contributed by atoms with van der Waals surface area (Å²) in [5, 5.41) is 0. The lowest BCUT2D eigenvalue weighted by atomic mass is 9.89. The Labute approximate surface area is 120 Å². The van der Waals surface area contributed by atoms with Gasteiger partial charge in [0, 0.05) is 23.6 Å². The van der Waals surface area contributed by atoms with E-state index in [2.05, 4.69) is 26.8 Å². The summed E-state index contributed by atoms with van der Waals surface area (Å²) in [4.78, 5) is 23.8. The van der Waals surface area contributed by atoms with Crippen LogP contribution in [-0.2, 0) is 11.8 Å². The normalized spacial score (nSPS) is 16.1. The minimum atomic E-state index is -0.308. The highest BCUT2D eigenvalue weighted by Crippen LogP contribution is 2.23. The molecule has 1 aliphatic carbocycles. The first-order valence-electron chi connectivity index (χ1n) is 6.50. The second-order valence-corrected chi connectivity index (χ2v) is 5.85. The van der Waals surface area contributed by atoms with Crippen molar-refractivity contribution in [2.45, 2.75) is 32.1 Å². The molecule has 0 aliphatic heterocycles. The van der Waals surface area contributed by atoms with E-state index in [0.29, 0.717) is 5.69 Å². The van der Waals surface area contributed by atoms with Gasteiger partial charge in [-0.1, -0.05) is 19.3 Å². The average molecular weight is 328 g/mol. The number of halogens is 1. The molecule has 6 heteroatoms. The molecule has 2 rings (SSSR count). The molecule has 0 spiro atoms. The molecule has 1 saturated carbocycles. The molecular weight excluding hydrogens is 310 g/mol. The molecular formula is C13H18BrN3O2. The molecule has 0 atom stereocenters. The second-order valence-electron chi connectivity index (χ2n) is 4.93. The van der Waals surface area contributed by atoms with Crippen molar-refractivity contribution in [3.8, 4) is 0 Å². The monoisotopic (exact) mass is 327 g/mol. The molecule has 1 fully saturated rings. The Kier molecular flexibility index (Phi) is 4.63. The van der Waals surface area contributed by atoms with Crippen LogP contribution in [0.4, 0.5) is 0 Å². The number of rotatable bonds is 2. The lowest BCUT2D eigenvalue weighted by Gasteiger charge is -2.20. The largest absolute Gasteiger partial charge is 0.345 e. The summed E-state index contributed by atoms with van der Waals surface area (Å²) in [7, 11) is 1.78. The number of aryl methyl sites for hydroxylation is 1. The summed E-state index contributed by atoms with van der Waals surface area (Å²) in [5.41, 5.74) is 5.49. The van der Waals surface area contributed by atoms with Gasteiger partial charge in [-0.3, -0.25) is 20.4 Å². The van der Waals surface area contributed by atoms with Gasteiger partial charge in [0.15, 0.2) is 0 Å². The van der Waals surface area contributed by atoms with Crippen LogP contribution in [0.5, 0.6) is 0 Å². The van der Waals surface area contributed by atoms with Crippen LogP contribution in [0.2, 0.25) is 0 Å². The van der Waals surface area contributed by atoms with Crippen molar-refractivity contribution in [2.75, 3.05) is 0 Å². The summed E-state index contributed by atoms with van der Waals surface area (Å²) in [6.45, 7) is 0. The maximum Gasteiger partial charge on any atom is 0.286 e. The first kappa shape index (κ1) is 14.1. The standard InChI is InChI=1S/C13H18BrN3O2/c1-17-8-10(14)7-11(17)13(19)16-15-12(18)9-5-3-2-4-6-9/h7-9H,2-6H2,1H3,(H,15,18)(H,16,19). The molecule has 104 valence electrons. The van der Waals surface area contributed by atoms with Gasteiger partial charge in [0.05, 0.1) is 0 Å². The van der Waals surface area contributed by atoms with Crippen molar-refractivity contribution in [1.82, 2.24) is 15.4 Å². The molecule has 0 saturated heterocycles. The smallest absolute Gasteiger partial charge is 0.286 e. The van der Waals surface area contributed by atoms with E-state index in [0.717, 1.165) is 30.2 Å². The van der Waals surface area contributed by atoms with Gasteiger partial charge in [0.1, 0.15) is 5.69 Å². The second kappa shape index (κ2) is 6.23. The summed E-state index contributed by atoms with van der Waals surface area (Å²) in [6, 6.07) is 1.71. The number of carbonyl (C=O) groups is 2. The summed E-state index contributed by atoms with van der Waals surface area (Å²) in [5.74, 6) is -0.354. The fourth-order valence-corrected chi connectivity index (χ4v) is 2.92. The molecule has 5 nitrogen and oxygen atoms in total. The Morgan fingerprint density at radius 3 is 2.53 bits per heavy atom. The van der Waals surface area contributed by atoms with Gasteiger partial charge in [-0.25, -0.2) is 0 Å². The molecule has 0 radical (unpaired) electrons. The molecule has 2 N–H and O–H groups in total. The lowest BCUT2D eigenvalue weighted by Crippen LogP contribution is -2.45. The predicted octanol–water partition coefficient (Wildman–Crippen LogP) is 2.13. The number of carbonyl (C=O) groups excluding carboxylic acids is 2. The Bertz CT molecular complexity index is 478. The van der Waals surface area contributed by atoms with Crippen molar-refractivity contribution < 1.29 is 9.59 Å². The highest BCUT2D eigenvalue weighted by molar-refractivity contribution is 9.10. The topological polar surface area (TPSA) is 63.1 Å². The van der Waals surface area contributed by atoms with E-state index in [1.807, 2.05) is 0 Å². The number of hydrazine groups is 1. The zero-order valence-corrected chi connectivity index (χ0v) is 12.5. The molecule has 1 aliphatic rings. The number of nitrogens with one attached hydrogen (secondary N) is 2. The van der Waals surface area contributed by atoms with Crippen LogP contribution in [0.1, 0.15) is 42.6 Å². The molecule has 0 bridgehead atoms. The minimum absolute atomic E-state index is 0.0363. The summed E-state index contributed by atoms with van der Waals surface area (Å²) < 4.78 is 2.53. The van der Waals surface area contributed by atoms with Crippen molar-refractivity contribution in [2.24, 2.45) is 13.0 Å². The maximum absolute atomic E-state index is 11.9. The third-order valence-corrected chi connectivity index (χ3v) is 3.91. The SMILES string of the molecule is Cn1cc(Br)cc1C(=O)NNC(=O)C1CCCCC1. The highest BCUT2D eigenvalue weighted by Gasteiger charge is 2.21. The Balaban J connectivity index is 1.86. The van der Waals surface area contributed by atoms with Gasteiger partial charge in [0.25, 0.3) is 5.91 Å². The fraction of sp³-hybridized carbons (Fsp3) is 0.538. The molecule has 2 amide bonds. The number of aromatic nitrogens is 1. The van der Waals surface area contributed by atoms with E-state index in [9.17, 15) is 9.59 Å². The van der Waals surface area contributed by atoms with E-state index < -0.39 is 0 Å². The van der Waals surface area contributed by atoms with Gasteiger partial charge in [-0.05, 0) is 34.8 Å². The number of nitrogens with zero attached hydrogens (tertiary/aromatic N) is 1. The first-order valence-corrected chi connectivity index (χ1v) is 7.29. The third kappa shape index (κ3) is 3.59. The van der Waals surface area contributed by atoms with Gasteiger partial charge in [0.2, 0.25) is 5.91 Å². The third-order valence-electron chi connectivity index (χ3n) is 3.48. The highest BCUT2D eigenvalue weighted by atomic mass is 79.9. The Morgan fingerprint density at radius 2 is 1.95 bits per heavy atom. The van der Waals surface area contributed by atoms with E-state index in [1.165, 1.54) is 6.42 Å². The fourth-order valence-electron chi connectivity index (χ4n) is 2.40. The number of amides is 2. The first-order chi connectivity index (χ1) is 9.08. The number of hydrogen-bond donors (Lipinski definition) is 2. The van der Waals surface area contributed by atoms with E-state index in [4.69, 9.17) is 0 Å². The van der Waals surface area contributed by atoms with E-state index in [1.54, 1.807) is 23.9 Å². The average Bonchev–Trinajstić information content (AvgIpc) is 2.75. The van der Waals surface area contributed by atoms with Gasteiger partial charge < -0.3 is 4.57 Å². The van der Waals surface area contributed by atoms with Crippen LogP contribution in [0.25, 0.3) is 0 Å². The van der Waals surface area contributed by atoms with E-state index in [-0.39, 0.29) is 17.7 Å². The van der Waals surface area contributed by atoms with Gasteiger partial charge >= 0.3 is 0 Å². The van der Waals surface area contributed by atoms with Gasteiger partial charge in [-0.15, -0.1) is 0 Å². The molecule has 1 aromatic rings. The molecule has 19 heavy (non-hydrogen) atoms. The zero-order valence-electron chi connectivity index (χ0n) is 10.9. The van der Waals surface area contributed by atoms with E-state index >= 15 is 0 Å². The van der Waals surface area contributed by atoms with Crippen molar-refractivity contribution >= 4 is 27.7 Å². The van der Waals surface area contributed by atoms with Crippen LogP contribution < -0.4 is 10.9 Å². The zero-order chi connectivity index (χ0) is 13.8. The van der Waals surface area contributed by atoms with Gasteiger partial charge in [-0.2, -0.15) is 0 Å². The minimum Gasteiger partial charge on any atom is -0.345 e. The van der Waals surface area contributed by atoms with Crippen LogP contribution >= 0.6 is 15.9 Å². The van der Waals surface area contributed by atoms with Crippen LogP contribution in [0.3, 0.4) is 0 Å². The van der Waals surface area contributed by atoms with Crippen LogP contribution in [0, 0.1) is 5.92 Å². The lowest BCUT2D eigenvalue weighted by molar-refractivity contribution is -0.126. The molecule has 1 aromatic heterocycles. The van der Waals surface area contributed by atoms with Crippen LogP contribution in [-0.4, -0.2) is 16.4 Å². The molecule has 1 heterocycles. The quantitative estimate of drug-likeness (QED) is 0.817. The maximum atomic E-state index is 11.9. The summed E-state index contributed by atoms with van der Waals surface area (Å²) in [6.07, 6.45) is 7.01. The predicted molar refractivity (Wildman–Crippen MR) is 75.3 cm³/mol. The van der Waals surface area contributed by atoms with Crippen molar-refractivity contribution in [3.05, 3.63) is 22.4 Å². The Morgan fingerprint density at radius 1 is 1.26 bits per heavy atom. The molecule has 0 unspecified atom stereocenters. The van der Waals surface area contributed by atoms with Crippen molar-refractivity contribution in [3.63, 3.8) is 0 Å². The van der Waals surface area contributed by atoms with Crippen LogP contribution in [0.15, 0.2) is 16.7 Å². The van der Waals surface area contributed by atoms with Crippen molar-refractivity contribution in [1.29, 1.82) is 0 Å². The molecule has 0 aromatic carbocycles. The number of hydrogen-bond acceptors (Lipinski definition) is 2. The Hall–Kier alpha value is -1.30.